The van der Waals surface area contributed by atoms with Crippen molar-refractivity contribution < 1.29 is 14.6 Å². The molecule has 1 rings (SSSR count). The summed E-state index contributed by atoms with van der Waals surface area (Å²) in [7, 11) is 0. The summed E-state index contributed by atoms with van der Waals surface area (Å²) in [5, 5.41) is 13.2. The highest BCUT2D eigenvalue weighted by Crippen LogP contribution is 2.24. The highest BCUT2D eigenvalue weighted by atomic mass is 16.5. The van der Waals surface area contributed by atoms with E-state index in [-0.39, 0.29) is 17.7 Å². The average Bonchev–Trinajstić information content (AvgIpc) is 2.43. The summed E-state index contributed by atoms with van der Waals surface area (Å²) in [5.41, 5.74) is -0.834. The molecule has 1 aliphatic rings. The lowest BCUT2D eigenvalue weighted by atomic mass is 9.85. The van der Waals surface area contributed by atoms with Crippen LogP contribution < -0.4 is 5.32 Å². The maximum atomic E-state index is 12.1. The maximum absolute atomic E-state index is 12.1. The largest absolute Gasteiger partial charge is 0.388 e. The van der Waals surface area contributed by atoms with Crippen LogP contribution in [-0.4, -0.2) is 36.4 Å². The molecule has 0 aromatic carbocycles. The molecular formula is C15H29NO3. The zero-order valence-electron chi connectivity index (χ0n) is 12.7. The lowest BCUT2D eigenvalue weighted by Gasteiger charge is -2.32. The van der Waals surface area contributed by atoms with Crippen LogP contribution in [0.3, 0.4) is 0 Å². The summed E-state index contributed by atoms with van der Waals surface area (Å²) in [5.74, 6) is 0.626. The molecule has 4 nitrogen and oxygen atoms in total. The van der Waals surface area contributed by atoms with E-state index in [4.69, 9.17) is 4.74 Å². The third-order valence-corrected chi connectivity index (χ3v) is 4.68. The van der Waals surface area contributed by atoms with E-state index in [2.05, 4.69) is 5.32 Å². The normalized spacial score (nSPS) is 23.4. The number of ether oxygens (including phenoxy) is 1. The predicted octanol–water partition coefficient (Wildman–Crippen LogP) is 1.96. The summed E-state index contributed by atoms with van der Waals surface area (Å²) in [6.45, 7) is 9.66. The Hall–Kier alpha value is -0.610. The first-order valence-corrected chi connectivity index (χ1v) is 7.46. The zero-order valence-corrected chi connectivity index (χ0v) is 12.7. The van der Waals surface area contributed by atoms with E-state index >= 15 is 0 Å². The first-order valence-electron chi connectivity index (χ1n) is 7.46. The van der Waals surface area contributed by atoms with E-state index in [0.717, 1.165) is 32.5 Å². The van der Waals surface area contributed by atoms with Gasteiger partial charge in [-0.05, 0) is 31.6 Å². The fraction of sp³-hybridized carbons (Fsp3) is 0.933. The minimum absolute atomic E-state index is 0.00312. The number of carbonyl (C=O) groups is 1. The molecule has 0 aromatic rings. The van der Waals surface area contributed by atoms with Gasteiger partial charge in [0.2, 0.25) is 5.91 Å². The van der Waals surface area contributed by atoms with Crippen LogP contribution in [0.4, 0.5) is 0 Å². The fourth-order valence-corrected chi connectivity index (χ4v) is 2.47. The maximum Gasteiger partial charge on any atom is 0.223 e. The van der Waals surface area contributed by atoms with Gasteiger partial charge in [0.15, 0.2) is 0 Å². The van der Waals surface area contributed by atoms with E-state index < -0.39 is 5.60 Å². The number of hydrogen-bond acceptors (Lipinski definition) is 3. The van der Waals surface area contributed by atoms with E-state index in [1.807, 2.05) is 20.8 Å². The SMILES string of the molecule is CCC(C)C(C)(O)CNC(=O)C(C)C1CCOCC1. The third-order valence-electron chi connectivity index (χ3n) is 4.68. The van der Waals surface area contributed by atoms with Gasteiger partial charge in [-0.3, -0.25) is 4.79 Å². The van der Waals surface area contributed by atoms with Gasteiger partial charge in [0.25, 0.3) is 0 Å². The molecule has 0 saturated carbocycles. The Labute approximate surface area is 116 Å². The summed E-state index contributed by atoms with van der Waals surface area (Å²) in [4.78, 5) is 12.1. The van der Waals surface area contributed by atoms with Crippen LogP contribution in [0.1, 0.15) is 47.0 Å². The van der Waals surface area contributed by atoms with Crippen molar-refractivity contribution in [2.45, 2.75) is 52.6 Å². The van der Waals surface area contributed by atoms with Crippen molar-refractivity contribution in [3.63, 3.8) is 0 Å². The van der Waals surface area contributed by atoms with Gasteiger partial charge in [-0.1, -0.05) is 27.2 Å². The number of nitrogens with one attached hydrogen (secondary N) is 1. The van der Waals surface area contributed by atoms with Crippen molar-refractivity contribution in [2.24, 2.45) is 17.8 Å². The molecule has 4 heteroatoms. The summed E-state index contributed by atoms with van der Waals surface area (Å²) in [6.07, 6.45) is 2.81. The van der Waals surface area contributed by atoms with Crippen molar-refractivity contribution in [2.75, 3.05) is 19.8 Å². The van der Waals surface area contributed by atoms with Gasteiger partial charge in [0, 0.05) is 25.7 Å². The molecule has 19 heavy (non-hydrogen) atoms. The van der Waals surface area contributed by atoms with Crippen LogP contribution in [0, 0.1) is 17.8 Å². The molecule has 1 saturated heterocycles. The highest BCUT2D eigenvalue weighted by Gasteiger charge is 2.30. The Morgan fingerprint density at radius 1 is 1.42 bits per heavy atom. The molecule has 3 unspecified atom stereocenters. The van der Waals surface area contributed by atoms with Crippen LogP contribution in [0.25, 0.3) is 0 Å². The molecule has 0 aliphatic carbocycles. The van der Waals surface area contributed by atoms with Crippen molar-refractivity contribution >= 4 is 5.91 Å². The molecule has 3 atom stereocenters. The van der Waals surface area contributed by atoms with E-state index in [1.54, 1.807) is 6.92 Å². The number of aliphatic hydroxyl groups is 1. The van der Waals surface area contributed by atoms with Crippen molar-refractivity contribution in [1.82, 2.24) is 5.32 Å². The van der Waals surface area contributed by atoms with E-state index in [0.29, 0.717) is 12.5 Å². The predicted molar refractivity (Wildman–Crippen MR) is 75.8 cm³/mol. The summed E-state index contributed by atoms with van der Waals surface area (Å²) < 4.78 is 5.32. The minimum atomic E-state index is -0.834. The second-order valence-electron chi connectivity index (χ2n) is 6.12. The Kier molecular flexibility index (Phi) is 6.27. The molecule has 0 spiro atoms. The Bertz CT molecular complexity index is 285. The van der Waals surface area contributed by atoms with Crippen molar-refractivity contribution in [3.05, 3.63) is 0 Å². The van der Waals surface area contributed by atoms with Crippen LogP contribution in [0.15, 0.2) is 0 Å². The molecule has 0 radical (unpaired) electrons. The molecule has 2 N–H and O–H groups in total. The van der Waals surface area contributed by atoms with Gasteiger partial charge in [-0.15, -0.1) is 0 Å². The van der Waals surface area contributed by atoms with Gasteiger partial charge >= 0.3 is 0 Å². The molecule has 0 bridgehead atoms. The van der Waals surface area contributed by atoms with Gasteiger partial charge in [0.1, 0.15) is 0 Å². The Balaban J connectivity index is 2.41. The number of amides is 1. The number of hydrogen-bond donors (Lipinski definition) is 2. The summed E-state index contributed by atoms with van der Waals surface area (Å²) in [6, 6.07) is 0. The number of carbonyl (C=O) groups excluding carboxylic acids is 1. The van der Waals surface area contributed by atoms with Gasteiger partial charge in [-0.25, -0.2) is 0 Å². The van der Waals surface area contributed by atoms with Crippen molar-refractivity contribution in [3.8, 4) is 0 Å². The summed E-state index contributed by atoms with van der Waals surface area (Å²) >= 11 is 0. The molecule has 1 aliphatic heterocycles. The Morgan fingerprint density at radius 3 is 2.53 bits per heavy atom. The average molecular weight is 271 g/mol. The van der Waals surface area contributed by atoms with E-state index in [1.165, 1.54) is 0 Å². The van der Waals surface area contributed by atoms with Crippen molar-refractivity contribution in [1.29, 1.82) is 0 Å². The zero-order chi connectivity index (χ0) is 14.5. The van der Waals surface area contributed by atoms with E-state index in [9.17, 15) is 9.90 Å². The molecular weight excluding hydrogens is 242 g/mol. The molecule has 1 heterocycles. The van der Waals surface area contributed by atoms with Crippen LogP contribution in [0.2, 0.25) is 0 Å². The lowest BCUT2D eigenvalue weighted by Crippen LogP contribution is -2.47. The smallest absolute Gasteiger partial charge is 0.223 e. The topological polar surface area (TPSA) is 58.6 Å². The van der Waals surface area contributed by atoms with Crippen LogP contribution in [-0.2, 0) is 9.53 Å². The minimum Gasteiger partial charge on any atom is -0.388 e. The first-order chi connectivity index (χ1) is 8.88. The molecule has 1 fully saturated rings. The molecule has 0 aromatic heterocycles. The monoisotopic (exact) mass is 271 g/mol. The van der Waals surface area contributed by atoms with Gasteiger partial charge in [0.05, 0.1) is 5.60 Å². The Morgan fingerprint density at radius 2 is 2.00 bits per heavy atom. The fourth-order valence-electron chi connectivity index (χ4n) is 2.47. The van der Waals surface area contributed by atoms with Gasteiger partial charge < -0.3 is 15.2 Å². The molecule has 112 valence electrons. The first kappa shape index (κ1) is 16.4. The van der Waals surface area contributed by atoms with Crippen LogP contribution >= 0.6 is 0 Å². The quantitative estimate of drug-likeness (QED) is 0.776. The van der Waals surface area contributed by atoms with Crippen LogP contribution in [0.5, 0.6) is 0 Å². The standard InChI is InChI=1S/C15H29NO3/c1-5-11(2)15(4,18)10-16-14(17)12(3)13-6-8-19-9-7-13/h11-13,18H,5-10H2,1-4H3,(H,16,17). The number of rotatable bonds is 6. The molecule has 1 amide bonds. The van der Waals surface area contributed by atoms with Gasteiger partial charge in [-0.2, -0.15) is 0 Å². The second-order valence-corrected chi connectivity index (χ2v) is 6.12. The lowest BCUT2D eigenvalue weighted by molar-refractivity contribution is -0.128. The second kappa shape index (κ2) is 7.25. The third kappa shape index (κ3) is 4.77. The highest BCUT2D eigenvalue weighted by molar-refractivity contribution is 5.78.